The summed E-state index contributed by atoms with van der Waals surface area (Å²) in [6.45, 7) is -0.377. The predicted octanol–water partition coefficient (Wildman–Crippen LogP) is 2.50. The molecule has 2 aromatic rings. The average Bonchev–Trinajstić information content (AvgIpc) is 2.98. The number of benzene rings is 1. The Balaban J connectivity index is 1.96. The Morgan fingerprint density at radius 2 is 2.05 bits per heavy atom. The number of ketones is 1. The Hall–Kier alpha value is -2.47. The average molecular weight is 289 g/mol. The van der Waals surface area contributed by atoms with Crippen molar-refractivity contribution >= 4 is 29.2 Å². The Morgan fingerprint density at radius 3 is 2.65 bits per heavy atom. The molecule has 0 unspecified atom stereocenters. The quantitative estimate of drug-likeness (QED) is 0.653. The number of aliphatic carboxylic acids is 1. The molecule has 6 heteroatoms. The van der Waals surface area contributed by atoms with Gasteiger partial charge in [0.05, 0.1) is 0 Å². The highest BCUT2D eigenvalue weighted by molar-refractivity contribution is 7.11. The molecule has 5 nitrogen and oxygen atoms in total. The van der Waals surface area contributed by atoms with E-state index in [-0.39, 0.29) is 12.4 Å². The summed E-state index contributed by atoms with van der Waals surface area (Å²) >= 11 is 1.29. The molecule has 2 rings (SSSR count). The predicted molar refractivity (Wildman–Crippen MR) is 75.1 cm³/mol. The molecule has 1 aromatic heterocycles. The summed E-state index contributed by atoms with van der Waals surface area (Å²) in [5.74, 6) is -0.704. The number of aromatic nitrogens is 1. The summed E-state index contributed by atoms with van der Waals surface area (Å²) in [5.41, 5.74) is 0.817. The van der Waals surface area contributed by atoms with E-state index < -0.39 is 5.97 Å². The van der Waals surface area contributed by atoms with Gasteiger partial charge in [-0.25, -0.2) is 9.78 Å². The van der Waals surface area contributed by atoms with E-state index in [9.17, 15) is 9.59 Å². The highest BCUT2D eigenvalue weighted by atomic mass is 32.1. The fourth-order valence-corrected chi connectivity index (χ4v) is 1.97. The van der Waals surface area contributed by atoms with Gasteiger partial charge in [0, 0.05) is 11.6 Å². The van der Waals surface area contributed by atoms with Gasteiger partial charge in [-0.2, -0.15) is 0 Å². The molecule has 0 aliphatic rings. The third-order valence-electron chi connectivity index (χ3n) is 2.31. The molecule has 0 spiro atoms. The van der Waals surface area contributed by atoms with Crippen molar-refractivity contribution in [2.75, 3.05) is 6.61 Å². The second-order valence-corrected chi connectivity index (χ2v) is 4.68. The zero-order valence-corrected chi connectivity index (χ0v) is 11.2. The lowest BCUT2D eigenvalue weighted by Gasteiger charge is -2.02. The van der Waals surface area contributed by atoms with Gasteiger partial charge < -0.3 is 9.84 Å². The van der Waals surface area contributed by atoms with Crippen LogP contribution >= 0.6 is 11.3 Å². The molecule has 102 valence electrons. The SMILES string of the molecule is O=C(O)COc1ccc(C=CC(=O)c2nccs2)cc1. The van der Waals surface area contributed by atoms with Crippen LogP contribution in [0.5, 0.6) is 5.75 Å². The Bertz CT molecular complexity index is 617. The van der Waals surface area contributed by atoms with Crippen LogP contribution in [0.4, 0.5) is 0 Å². The summed E-state index contributed by atoms with van der Waals surface area (Å²) in [5, 5.41) is 10.7. The smallest absolute Gasteiger partial charge is 0.341 e. The molecule has 1 N–H and O–H groups in total. The lowest BCUT2D eigenvalue weighted by molar-refractivity contribution is -0.139. The number of carbonyl (C=O) groups excluding carboxylic acids is 1. The second kappa shape index (κ2) is 6.63. The highest BCUT2D eigenvalue weighted by Crippen LogP contribution is 2.14. The molecular formula is C14H11NO4S. The summed E-state index contributed by atoms with van der Waals surface area (Å²) in [4.78, 5) is 26.0. The van der Waals surface area contributed by atoms with Gasteiger partial charge in [-0.1, -0.05) is 18.2 Å². The van der Waals surface area contributed by atoms with Gasteiger partial charge in [-0.3, -0.25) is 4.79 Å². The number of hydrogen-bond donors (Lipinski definition) is 1. The first kappa shape index (κ1) is 14.0. The molecule has 0 bridgehead atoms. The highest BCUT2D eigenvalue weighted by Gasteiger charge is 2.03. The van der Waals surface area contributed by atoms with Crippen LogP contribution in [0.2, 0.25) is 0 Å². The van der Waals surface area contributed by atoms with Crippen LogP contribution in [0.1, 0.15) is 15.4 Å². The zero-order chi connectivity index (χ0) is 14.4. The van der Waals surface area contributed by atoms with Crippen molar-refractivity contribution in [1.29, 1.82) is 0 Å². The first-order valence-corrected chi connectivity index (χ1v) is 6.59. The Morgan fingerprint density at radius 1 is 1.30 bits per heavy atom. The minimum Gasteiger partial charge on any atom is -0.482 e. The lowest BCUT2D eigenvalue weighted by Crippen LogP contribution is -2.09. The van der Waals surface area contributed by atoms with Gasteiger partial charge in [0.2, 0.25) is 5.78 Å². The number of allylic oxidation sites excluding steroid dienone is 1. The van der Waals surface area contributed by atoms with E-state index in [1.54, 1.807) is 41.9 Å². The third kappa shape index (κ3) is 4.03. The van der Waals surface area contributed by atoms with Gasteiger partial charge in [0.15, 0.2) is 11.6 Å². The fraction of sp³-hybridized carbons (Fsp3) is 0.0714. The fourth-order valence-electron chi connectivity index (χ4n) is 1.41. The molecule has 0 aliphatic heterocycles. The number of nitrogens with zero attached hydrogens (tertiary/aromatic N) is 1. The Labute approximate surface area is 119 Å². The summed E-state index contributed by atoms with van der Waals surface area (Å²) in [6.07, 6.45) is 4.71. The summed E-state index contributed by atoms with van der Waals surface area (Å²) < 4.78 is 5.01. The largest absolute Gasteiger partial charge is 0.482 e. The molecular weight excluding hydrogens is 278 g/mol. The van der Waals surface area contributed by atoms with E-state index >= 15 is 0 Å². The minimum absolute atomic E-state index is 0.147. The molecule has 0 saturated carbocycles. The first-order chi connectivity index (χ1) is 9.65. The standard InChI is InChI=1S/C14H11NO4S/c16-12(14-15-7-8-20-14)6-3-10-1-4-11(5-2-10)19-9-13(17)18/h1-8H,9H2,(H,17,18). The van der Waals surface area contributed by atoms with Crippen LogP contribution < -0.4 is 4.74 Å². The van der Waals surface area contributed by atoms with Crippen molar-refractivity contribution in [3.63, 3.8) is 0 Å². The van der Waals surface area contributed by atoms with Gasteiger partial charge in [-0.15, -0.1) is 11.3 Å². The maximum absolute atomic E-state index is 11.7. The summed E-state index contributed by atoms with van der Waals surface area (Å²) in [6, 6.07) is 6.78. The van der Waals surface area contributed by atoms with Crippen molar-refractivity contribution in [3.8, 4) is 5.75 Å². The Kier molecular flexibility index (Phi) is 4.62. The third-order valence-corrected chi connectivity index (χ3v) is 3.10. The van der Waals surface area contributed by atoms with Gasteiger partial charge >= 0.3 is 5.97 Å². The van der Waals surface area contributed by atoms with E-state index in [1.165, 1.54) is 17.4 Å². The molecule has 1 aromatic carbocycles. The number of carbonyl (C=O) groups is 2. The maximum Gasteiger partial charge on any atom is 0.341 e. The van der Waals surface area contributed by atoms with Crippen molar-refractivity contribution in [2.45, 2.75) is 0 Å². The van der Waals surface area contributed by atoms with Crippen molar-refractivity contribution in [2.24, 2.45) is 0 Å². The molecule has 0 atom stereocenters. The van der Waals surface area contributed by atoms with Crippen molar-refractivity contribution < 1.29 is 19.4 Å². The number of ether oxygens (including phenoxy) is 1. The van der Waals surface area contributed by atoms with Crippen molar-refractivity contribution in [3.05, 3.63) is 52.5 Å². The number of carboxylic acid groups (broad SMARTS) is 1. The van der Waals surface area contributed by atoms with E-state index in [1.807, 2.05) is 0 Å². The number of thiazole rings is 1. The van der Waals surface area contributed by atoms with E-state index in [0.29, 0.717) is 10.8 Å². The van der Waals surface area contributed by atoms with Crippen LogP contribution in [-0.4, -0.2) is 28.4 Å². The topological polar surface area (TPSA) is 76.5 Å². The molecule has 1 heterocycles. The molecule has 0 fully saturated rings. The molecule has 0 aliphatic carbocycles. The van der Waals surface area contributed by atoms with Gasteiger partial charge in [0.25, 0.3) is 0 Å². The number of rotatable bonds is 6. The van der Waals surface area contributed by atoms with Crippen LogP contribution in [0, 0.1) is 0 Å². The molecule has 0 amide bonds. The molecule has 20 heavy (non-hydrogen) atoms. The van der Waals surface area contributed by atoms with E-state index in [4.69, 9.17) is 9.84 Å². The minimum atomic E-state index is -1.02. The van der Waals surface area contributed by atoms with Crippen molar-refractivity contribution in [1.82, 2.24) is 4.98 Å². The molecule has 0 saturated heterocycles. The zero-order valence-electron chi connectivity index (χ0n) is 10.4. The normalized spacial score (nSPS) is 10.6. The van der Waals surface area contributed by atoms with Gasteiger partial charge in [-0.05, 0) is 23.8 Å². The van der Waals surface area contributed by atoms with Crippen LogP contribution in [0.3, 0.4) is 0 Å². The summed E-state index contributed by atoms with van der Waals surface area (Å²) in [7, 11) is 0. The van der Waals surface area contributed by atoms with Crippen LogP contribution in [-0.2, 0) is 4.79 Å². The first-order valence-electron chi connectivity index (χ1n) is 5.72. The van der Waals surface area contributed by atoms with Crippen LogP contribution in [0.25, 0.3) is 6.08 Å². The van der Waals surface area contributed by atoms with E-state index in [2.05, 4.69) is 4.98 Å². The monoisotopic (exact) mass is 289 g/mol. The molecule has 0 radical (unpaired) electrons. The number of hydrogen-bond acceptors (Lipinski definition) is 5. The number of carboxylic acids is 1. The van der Waals surface area contributed by atoms with E-state index in [0.717, 1.165) is 5.56 Å². The lowest BCUT2D eigenvalue weighted by atomic mass is 10.2. The van der Waals surface area contributed by atoms with Crippen LogP contribution in [0.15, 0.2) is 41.9 Å². The second-order valence-electron chi connectivity index (χ2n) is 3.79. The van der Waals surface area contributed by atoms with Gasteiger partial charge in [0.1, 0.15) is 5.75 Å². The maximum atomic E-state index is 11.7.